The van der Waals surface area contributed by atoms with Gasteiger partial charge in [0.05, 0.1) is 4.90 Å². The van der Waals surface area contributed by atoms with Crippen molar-refractivity contribution in [1.29, 1.82) is 0 Å². The highest BCUT2D eigenvalue weighted by atomic mass is 32.2. The Balaban J connectivity index is 1.27. The number of nitrogens with one attached hydrogen (secondary N) is 2. The van der Waals surface area contributed by atoms with Gasteiger partial charge in [0.1, 0.15) is 16.4 Å². The Morgan fingerprint density at radius 1 is 1.29 bits per heavy atom. The van der Waals surface area contributed by atoms with Crippen LogP contribution in [0.15, 0.2) is 33.8 Å². The minimum Gasteiger partial charge on any atom is -0.370 e. The van der Waals surface area contributed by atoms with Gasteiger partial charge in [-0.05, 0) is 63.6 Å². The number of amides is 1. The molecule has 3 atom stereocenters. The minimum absolute atomic E-state index is 0.0989. The summed E-state index contributed by atoms with van der Waals surface area (Å²) >= 11 is 0. The lowest BCUT2D eigenvalue weighted by molar-refractivity contribution is 0.0128. The number of hydrogen-bond donors (Lipinski definition) is 2. The van der Waals surface area contributed by atoms with Crippen molar-refractivity contribution in [2.45, 2.75) is 80.1 Å². The van der Waals surface area contributed by atoms with Crippen LogP contribution in [0.25, 0.3) is 0 Å². The Bertz CT molecular complexity index is 1160. The lowest BCUT2D eigenvalue weighted by Crippen LogP contribution is -2.66. The van der Waals surface area contributed by atoms with E-state index in [1.165, 1.54) is 6.20 Å². The molecule has 4 fully saturated rings. The standard InChI is InChI=1S/C24H33N5O4S/c1-15(2)13-25-22-7-6-19(14-26-22)34(31,32)24-9-8-17(10-18(12-24)29(24)3)27-23(30)20-11-21(33-28-20)16-4-5-16/h6-7,11,14-18H,4-5,8-10,12-13H2,1-3H3,(H,25,26)(H,27,30). The van der Waals surface area contributed by atoms with E-state index < -0.39 is 14.7 Å². The molecule has 34 heavy (non-hydrogen) atoms. The van der Waals surface area contributed by atoms with E-state index in [4.69, 9.17) is 4.52 Å². The van der Waals surface area contributed by atoms with Gasteiger partial charge in [-0.2, -0.15) is 0 Å². The second-order valence-corrected chi connectivity index (χ2v) is 12.6. The summed E-state index contributed by atoms with van der Waals surface area (Å²) in [5.41, 5.74) is 0.298. The number of carbonyl (C=O) groups is 1. The SMILES string of the molecule is CC(C)CNc1ccc(S(=O)(=O)C23CCC(NC(=O)c4cc(C5CC5)on4)CC(C2)N3C)cn1. The van der Waals surface area contributed by atoms with Crippen LogP contribution in [0.4, 0.5) is 5.82 Å². The summed E-state index contributed by atoms with van der Waals surface area (Å²) in [6, 6.07) is 5.10. The predicted molar refractivity (Wildman–Crippen MR) is 127 cm³/mol. The first kappa shape index (κ1) is 23.3. The predicted octanol–water partition coefficient (Wildman–Crippen LogP) is 3.17. The third-order valence-corrected chi connectivity index (χ3v) is 10.0. The van der Waals surface area contributed by atoms with Crippen LogP contribution in [0.1, 0.15) is 74.5 Å². The van der Waals surface area contributed by atoms with Gasteiger partial charge in [0.15, 0.2) is 15.5 Å². The zero-order valence-corrected chi connectivity index (χ0v) is 20.8. The van der Waals surface area contributed by atoms with Crippen molar-refractivity contribution >= 4 is 21.6 Å². The summed E-state index contributed by atoms with van der Waals surface area (Å²) < 4.78 is 32.7. The molecule has 4 aliphatic rings. The first-order valence-electron chi connectivity index (χ1n) is 12.1. The highest BCUT2D eigenvalue weighted by molar-refractivity contribution is 7.92. The van der Waals surface area contributed by atoms with Crippen LogP contribution < -0.4 is 10.6 Å². The zero-order chi connectivity index (χ0) is 24.1. The first-order valence-corrected chi connectivity index (χ1v) is 13.6. The second kappa shape index (κ2) is 8.64. The van der Waals surface area contributed by atoms with Crippen molar-refractivity contribution in [3.8, 4) is 0 Å². The summed E-state index contributed by atoms with van der Waals surface area (Å²) in [6.45, 7) is 4.98. The van der Waals surface area contributed by atoms with Crippen LogP contribution in [0.5, 0.6) is 0 Å². The number of pyridine rings is 1. The summed E-state index contributed by atoms with van der Waals surface area (Å²) in [6.07, 6.45) is 5.92. The molecule has 2 saturated heterocycles. The second-order valence-electron chi connectivity index (χ2n) is 10.4. The van der Waals surface area contributed by atoms with E-state index in [1.807, 2.05) is 11.9 Å². The maximum absolute atomic E-state index is 13.7. The molecule has 9 nitrogen and oxygen atoms in total. The van der Waals surface area contributed by atoms with Gasteiger partial charge < -0.3 is 15.2 Å². The molecule has 2 aliphatic carbocycles. The smallest absolute Gasteiger partial charge is 0.273 e. The van der Waals surface area contributed by atoms with Crippen LogP contribution in [0.2, 0.25) is 0 Å². The van der Waals surface area contributed by atoms with Gasteiger partial charge in [-0.3, -0.25) is 9.69 Å². The Morgan fingerprint density at radius 3 is 2.74 bits per heavy atom. The zero-order valence-electron chi connectivity index (χ0n) is 20.0. The van der Waals surface area contributed by atoms with E-state index in [0.29, 0.717) is 49.0 Å². The van der Waals surface area contributed by atoms with Crippen LogP contribution in [-0.4, -0.2) is 59.9 Å². The lowest BCUT2D eigenvalue weighted by Gasteiger charge is -2.54. The molecule has 2 N–H and O–H groups in total. The maximum atomic E-state index is 13.7. The van der Waals surface area contributed by atoms with Crippen molar-refractivity contribution in [1.82, 2.24) is 20.4 Å². The van der Waals surface area contributed by atoms with Gasteiger partial charge in [0.2, 0.25) is 0 Å². The van der Waals surface area contributed by atoms with Crippen molar-refractivity contribution in [2.75, 3.05) is 18.9 Å². The summed E-state index contributed by atoms with van der Waals surface area (Å²) in [5.74, 6) is 2.05. The molecule has 2 aromatic rings. The van der Waals surface area contributed by atoms with Gasteiger partial charge in [-0.1, -0.05) is 19.0 Å². The van der Waals surface area contributed by atoms with Gasteiger partial charge in [-0.15, -0.1) is 0 Å². The van der Waals surface area contributed by atoms with Crippen LogP contribution >= 0.6 is 0 Å². The topological polar surface area (TPSA) is 117 Å². The minimum atomic E-state index is -3.62. The number of hydrogen-bond acceptors (Lipinski definition) is 8. The van der Waals surface area contributed by atoms with E-state index in [-0.39, 0.29) is 22.9 Å². The maximum Gasteiger partial charge on any atom is 0.273 e. The largest absolute Gasteiger partial charge is 0.370 e. The number of carbonyl (C=O) groups excluding carboxylic acids is 1. The number of sulfone groups is 1. The average molecular weight is 488 g/mol. The Labute approximate surface area is 200 Å². The number of rotatable bonds is 8. The number of aromatic nitrogens is 2. The molecule has 4 heterocycles. The Hall–Kier alpha value is -2.46. The molecule has 3 unspecified atom stereocenters. The normalized spacial score (nSPS) is 27.2. The van der Waals surface area contributed by atoms with E-state index in [1.54, 1.807) is 18.2 Å². The highest BCUT2D eigenvalue weighted by Crippen LogP contribution is 2.50. The summed E-state index contributed by atoms with van der Waals surface area (Å²) in [4.78, 5) is 18.3. The average Bonchev–Trinajstić information content (AvgIpc) is 3.60. The fraction of sp³-hybridized carbons (Fsp3) is 0.625. The van der Waals surface area contributed by atoms with E-state index in [0.717, 1.165) is 25.1 Å². The van der Waals surface area contributed by atoms with Gasteiger partial charge in [0, 0.05) is 36.8 Å². The fourth-order valence-electron chi connectivity index (χ4n) is 5.19. The molecule has 184 valence electrons. The highest BCUT2D eigenvalue weighted by Gasteiger charge is 2.60. The van der Waals surface area contributed by atoms with Crippen LogP contribution in [0.3, 0.4) is 0 Å². The van der Waals surface area contributed by atoms with E-state index >= 15 is 0 Å². The van der Waals surface area contributed by atoms with Crippen molar-refractivity contribution in [3.05, 3.63) is 35.9 Å². The van der Waals surface area contributed by atoms with Crippen LogP contribution in [0, 0.1) is 5.92 Å². The molecule has 1 amide bonds. The quantitative estimate of drug-likeness (QED) is 0.583. The molecular formula is C24H33N5O4S. The molecule has 0 radical (unpaired) electrons. The molecular weight excluding hydrogens is 454 g/mol. The third kappa shape index (κ3) is 4.11. The van der Waals surface area contributed by atoms with E-state index in [2.05, 4.69) is 34.6 Å². The molecule has 0 spiro atoms. The molecule has 6 rings (SSSR count). The van der Waals surface area contributed by atoms with Crippen molar-refractivity contribution in [2.24, 2.45) is 5.92 Å². The summed E-state index contributed by atoms with van der Waals surface area (Å²) in [7, 11) is -1.75. The summed E-state index contributed by atoms with van der Waals surface area (Å²) in [5, 5.41) is 10.2. The Morgan fingerprint density at radius 2 is 2.09 bits per heavy atom. The van der Waals surface area contributed by atoms with Crippen molar-refractivity contribution < 1.29 is 17.7 Å². The molecule has 2 saturated carbocycles. The fourth-order valence-corrected chi connectivity index (χ4v) is 7.39. The molecule has 10 heteroatoms. The molecule has 2 bridgehead atoms. The molecule has 2 aliphatic heterocycles. The van der Waals surface area contributed by atoms with Gasteiger partial charge in [0.25, 0.3) is 5.91 Å². The molecule has 2 aromatic heterocycles. The van der Waals surface area contributed by atoms with Gasteiger partial charge in [-0.25, -0.2) is 13.4 Å². The Kier molecular flexibility index (Phi) is 5.92. The first-order chi connectivity index (χ1) is 16.2. The monoisotopic (exact) mass is 487 g/mol. The molecule has 0 aromatic carbocycles. The lowest BCUT2D eigenvalue weighted by atomic mass is 9.91. The van der Waals surface area contributed by atoms with Crippen LogP contribution in [-0.2, 0) is 9.84 Å². The number of nitrogens with zero attached hydrogens (tertiary/aromatic N) is 3. The van der Waals surface area contributed by atoms with Crippen molar-refractivity contribution in [3.63, 3.8) is 0 Å². The number of fused-ring (bicyclic) bond motifs is 3. The van der Waals surface area contributed by atoms with Gasteiger partial charge >= 0.3 is 0 Å². The number of anilines is 1. The third-order valence-electron chi connectivity index (χ3n) is 7.50. The van der Waals surface area contributed by atoms with E-state index in [9.17, 15) is 13.2 Å².